The fourth-order valence-corrected chi connectivity index (χ4v) is 2.11. The van der Waals surface area contributed by atoms with Gasteiger partial charge < -0.3 is 10.5 Å². The van der Waals surface area contributed by atoms with E-state index in [1.165, 1.54) is 25.3 Å². The van der Waals surface area contributed by atoms with Gasteiger partial charge in [0.2, 0.25) is 0 Å². The summed E-state index contributed by atoms with van der Waals surface area (Å²) in [5.74, 6) is 6.10. The average Bonchev–Trinajstić information content (AvgIpc) is 2.36. The van der Waals surface area contributed by atoms with Gasteiger partial charge in [-0.2, -0.15) is 0 Å². The van der Waals surface area contributed by atoms with Crippen molar-refractivity contribution in [3.8, 4) is 11.8 Å². The highest BCUT2D eigenvalue weighted by Gasteiger charge is 2.16. The molecule has 0 bridgehead atoms. The molecule has 2 nitrogen and oxygen atoms in total. The van der Waals surface area contributed by atoms with Gasteiger partial charge in [-0.3, -0.25) is 0 Å². The Hall–Kier alpha value is -1.37. The lowest BCUT2D eigenvalue weighted by atomic mass is 9.83. The number of ether oxygens (including phenoxy) is 1. The number of rotatable bonds is 5. The Morgan fingerprint density at radius 2 is 2.21 bits per heavy atom. The van der Waals surface area contributed by atoms with Gasteiger partial charge in [-0.1, -0.05) is 37.2 Å². The highest BCUT2D eigenvalue weighted by molar-refractivity contribution is 5.37. The van der Waals surface area contributed by atoms with E-state index < -0.39 is 0 Å². The van der Waals surface area contributed by atoms with E-state index >= 15 is 0 Å². The Labute approximate surface area is 114 Å². The van der Waals surface area contributed by atoms with Gasteiger partial charge in [0.15, 0.2) is 0 Å². The first-order valence-electron chi connectivity index (χ1n) is 6.84. The van der Waals surface area contributed by atoms with E-state index in [1.807, 2.05) is 0 Å². The van der Waals surface area contributed by atoms with Crippen molar-refractivity contribution in [3.05, 3.63) is 35.1 Å². The molecule has 0 unspecified atom stereocenters. The van der Waals surface area contributed by atoms with Crippen molar-refractivity contribution in [2.24, 2.45) is 11.7 Å². The molecule has 0 spiro atoms. The molecule has 0 radical (unpaired) electrons. The van der Waals surface area contributed by atoms with E-state index in [0.29, 0.717) is 17.7 Å². The number of nitrogens with two attached hydrogens (primary N) is 1. The number of hydrogen-bond donors (Lipinski definition) is 1. The summed E-state index contributed by atoms with van der Waals surface area (Å²) in [4.78, 5) is 0. The molecule has 102 valence electrons. The van der Waals surface area contributed by atoms with Crippen LogP contribution >= 0.6 is 0 Å². The normalized spacial score (nSPS) is 14.6. The molecule has 19 heavy (non-hydrogen) atoms. The van der Waals surface area contributed by atoms with Crippen LogP contribution in [0.15, 0.2) is 18.2 Å². The van der Waals surface area contributed by atoms with Gasteiger partial charge >= 0.3 is 0 Å². The highest BCUT2D eigenvalue weighted by Crippen LogP contribution is 2.29. The van der Waals surface area contributed by atoms with Gasteiger partial charge in [0, 0.05) is 17.7 Å². The maximum absolute atomic E-state index is 13.8. The molecule has 0 aromatic heterocycles. The molecule has 0 heterocycles. The predicted octanol–water partition coefficient (Wildman–Crippen LogP) is 2.84. The van der Waals surface area contributed by atoms with Crippen molar-refractivity contribution in [2.45, 2.75) is 32.3 Å². The van der Waals surface area contributed by atoms with Crippen LogP contribution in [0.5, 0.6) is 0 Å². The second-order valence-electron chi connectivity index (χ2n) is 4.95. The quantitative estimate of drug-likeness (QED) is 0.653. The summed E-state index contributed by atoms with van der Waals surface area (Å²) in [6, 6.07) is 4.98. The molecule has 1 aromatic rings. The first kappa shape index (κ1) is 14.0. The lowest BCUT2D eigenvalue weighted by molar-refractivity contribution is 0.0932. The van der Waals surface area contributed by atoms with Gasteiger partial charge in [-0.05, 0) is 24.5 Å². The van der Waals surface area contributed by atoms with E-state index in [-0.39, 0.29) is 12.4 Å². The lowest BCUT2D eigenvalue weighted by Gasteiger charge is -2.24. The van der Waals surface area contributed by atoms with Crippen LogP contribution in [0.2, 0.25) is 0 Å². The number of hydrogen-bond acceptors (Lipinski definition) is 2. The van der Waals surface area contributed by atoms with Crippen LogP contribution < -0.4 is 5.73 Å². The van der Waals surface area contributed by atoms with E-state index in [0.717, 1.165) is 18.9 Å². The highest BCUT2D eigenvalue weighted by atomic mass is 19.1. The SMILES string of the molecule is NCC#Cc1ccc(COCCC2CCC2)c(F)c1. The van der Waals surface area contributed by atoms with Gasteiger partial charge in [0.25, 0.3) is 0 Å². The van der Waals surface area contributed by atoms with Crippen LogP contribution in [0.3, 0.4) is 0 Å². The Morgan fingerprint density at radius 1 is 1.37 bits per heavy atom. The minimum atomic E-state index is -0.257. The van der Waals surface area contributed by atoms with Gasteiger partial charge in [-0.25, -0.2) is 4.39 Å². The summed E-state index contributed by atoms with van der Waals surface area (Å²) in [5.41, 5.74) is 6.52. The maximum atomic E-state index is 13.8. The molecule has 0 aliphatic heterocycles. The fraction of sp³-hybridized carbons (Fsp3) is 0.500. The van der Waals surface area contributed by atoms with Gasteiger partial charge in [0.05, 0.1) is 13.2 Å². The van der Waals surface area contributed by atoms with E-state index in [4.69, 9.17) is 10.5 Å². The molecule has 1 aromatic carbocycles. The van der Waals surface area contributed by atoms with Gasteiger partial charge in [0.1, 0.15) is 5.82 Å². The summed E-state index contributed by atoms with van der Waals surface area (Å²) >= 11 is 0. The van der Waals surface area contributed by atoms with Crippen LogP contribution in [-0.4, -0.2) is 13.2 Å². The third kappa shape index (κ3) is 4.34. The van der Waals surface area contributed by atoms with Crippen LogP contribution in [0, 0.1) is 23.6 Å². The Kier molecular flexibility index (Phi) is 5.38. The summed E-state index contributed by atoms with van der Waals surface area (Å²) in [5, 5.41) is 0. The monoisotopic (exact) mass is 261 g/mol. The predicted molar refractivity (Wildman–Crippen MR) is 73.9 cm³/mol. The molecular formula is C16H20FNO. The zero-order chi connectivity index (χ0) is 13.5. The molecule has 2 rings (SSSR count). The van der Waals surface area contributed by atoms with Crippen LogP contribution in [-0.2, 0) is 11.3 Å². The maximum Gasteiger partial charge on any atom is 0.129 e. The second-order valence-corrected chi connectivity index (χ2v) is 4.95. The minimum absolute atomic E-state index is 0.257. The molecule has 3 heteroatoms. The van der Waals surface area contributed by atoms with Crippen molar-refractivity contribution in [1.82, 2.24) is 0 Å². The molecule has 0 saturated heterocycles. The standard InChI is InChI=1S/C16H20FNO/c17-16-11-14(5-2-9-18)6-7-15(16)12-19-10-8-13-3-1-4-13/h6-7,11,13H,1,3-4,8-10,12,18H2. The van der Waals surface area contributed by atoms with Crippen molar-refractivity contribution >= 4 is 0 Å². The fourth-order valence-electron chi connectivity index (χ4n) is 2.11. The molecule has 1 saturated carbocycles. The van der Waals surface area contributed by atoms with Crippen molar-refractivity contribution in [3.63, 3.8) is 0 Å². The van der Waals surface area contributed by atoms with Crippen molar-refractivity contribution < 1.29 is 9.13 Å². The summed E-state index contributed by atoms with van der Waals surface area (Å²) in [6.07, 6.45) is 5.10. The third-order valence-corrected chi connectivity index (χ3v) is 3.54. The molecule has 1 fully saturated rings. The molecule has 1 aliphatic carbocycles. The first-order chi connectivity index (χ1) is 9.29. The third-order valence-electron chi connectivity index (χ3n) is 3.54. The molecule has 0 amide bonds. The topological polar surface area (TPSA) is 35.2 Å². The number of halogens is 1. The van der Waals surface area contributed by atoms with E-state index in [2.05, 4.69) is 11.8 Å². The van der Waals surface area contributed by atoms with Gasteiger partial charge in [-0.15, -0.1) is 0 Å². The first-order valence-corrected chi connectivity index (χ1v) is 6.84. The van der Waals surface area contributed by atoms with Crippen LogP contribution in [0.1, 0.15) is 36.8 Å². The Balaban J connectivity index is 1.79. The molecule has 0 atom stereocenters. The molecule has 2 N–H and O–H groups in total. The van der Waals surface area contributed by atoms with Crippen LogP contribution in [0.25, 0.3) is 0 Å². The Bertz CT molecular complexity index is 471. The zero-order valence-corrected chi connectivity index (χ0v) is 11.1. The van der Waals surface area contributed by atoms with Crippen molar-refractivity contribution in [1.29, 1.82) is 0 Å². The zero-order valence-electron chi connectivity index (χ0n) is 11.1. The van der Waals surface area contributed by atoms with Crippen LogP contribution in [0.4, 0.5) is 4.39 Å². The number of benzene rings is 1. The lowest BCUT2D eigenvalue weighted by Crippen LogP contribution is -2.13. The Morgan fingerprint density at radius 3 is 2.84 bits per heavy atom. The summed E-state index contributed by atoms with van der Waals surface area (Å²) < 4.78 is 19.3. The smallest absolute Gasteiger partial charge is 0.129 e. The largest absolute Gasteiger partial charge is 0.377 e. The minimum Gasteiger partial charge on any atom is -0.377 e. The second kappa shape index (κ2) is 7.28. The summed E-state index contributed by atoms with van der Waals surface area (Å²) in [7, 11) is 0. The van der Waals surface area contributed by atoms with Crippen molar-refractivity contribution in [2.75, 3.05) is 13.2 Å². The van der Waals surface area contributed by atoms with E-state index in [1.54, 1.807) is 12.1 Å². The summed E-state index contributed by atoms with van der Waals surface area (Å²) in [6.45, 7) is 1.34. The molecule has 1 aliphatic rings. The average molecular weight is 261 g/mol. The van der Waals surface area contributed by atoms with E-state index in [9.17, 15) is 4.39 Å². The molecular weight excluding hydrogens is 241 g/mol.